The van der Waals surface area contributed by atoms with Crippen LogP contribution in [-0.4, -0.2) is 146 Å². The Bertz CT molecular complexity index is 2640. The molecule has 0 unspecified atom stereocenters. The van der Waals surface area contributed by atoms with Crippen molar-refractivity contribution >= 4 is 58.9 Å². The minimum Gasteiger partial charge on any atom is -0.546 e. The van der Waals surface area contributed by atoms with Gasteiger partial charge in [-0.3, -0.25) is 43.8 Å². The number of aromatic nitrogens is 2. The molecule has 2 aromatic heterocycles. The van der Waals surface area contributed by atoms with Crippen molar-refractivity contribution in [2.75, 3.05) is 60.2 Å². The molecule has 4 N–H and O–H groups in total. The molecular weight excluding hydrogens is 1120 g/mol. The van der Waals surface area contributed by atoms with Crippen molar-refractivity contribution in [3.05, 3.63) is 113 Å². The fourth-order valence-electron chi connectivity index (χ4n) is 7.53. The first kappa shape index (κ1) is 58.5. The fourth-order valence-corrected chi connectivity index (χ4v) is 7.63. The van der Waals surface area contributed by atoms with E-state index < -0.39 is 75.2 Å². The summed E-state index contributed by atoms with van der Waals surface area (Å²) in [5.41, 5.74) is 4.94. The number of nitrogens with zero attached hydrogens (tertiary/aromatic N) is 6. The van der Waals surface area contributed by atoms with Crippen LogP contribution in [-0.2, 0) is 61.4 Å². The molecule has 384 valence electrons. The van der Waals surface area contributed by atoms with Gasteiger partial charge < -0.3 is 59.2 Å². The van der Waals surface area contributed by atoms with Crippen LogP contribution in [0, 0.1) is 38.6 Å². The summed E-state index contributed by atoms with van der Waals surface area (Å²) in [4.78, 5) is 87.9. The molecule has 0 saturated heterocycles. The molecule has 0 saturated carbocycles. The normalized spacial score (nSPS) is 10.8. The molecule has 5 rings (SSSR count). The van der Waals surface area contributed by atoms with E-state index >= 15 is 0 Å². The Morgan fingerprint density at radius 3 is 1.27 bits per heavy atom. The van der Waals surface area contributed by atoms with Crippen LogP contribution in [0.15, 0.2) is 89.9 Å². The molecule has 5 aromatic rings. The zero-order valence-corrected chi connectivity index (χ0v) is 42.1. The third-order valence-electron chi connectivity index (χ3n) is 10.3. The number of carbonyl (C=O) groups excluding carboxylic acids is 2. The number of hydrogen-bond acceptors (Lipinski definition) is 19. The Morgan fingerprint density at radius 1 is 0.575 bits per heavy atom. The molecular formula is C49H48N6O16STb+. The van der Waals surface area contributed by atoms with Crippen LogP contribution in [0.3, 0.4) is 0 Å². The molecule has 0 aliphatic heterocycles. The van der Waals surface area contributed by atoms with Gasteiger partial charge in [-0.25, -0.2) is 0 Å². The molecule has 0 fully saturated rings. The third-order valence-corrected chi connectivity index (χ3v) is 10.4. The number of methoxy groups -OCH3 is 2. The number of carbonyl (C=O) groups is 6. The SMILES string of the molecule is COc1cc(OCC(=O)[O-])ccc1-c1cc(CN(CC(=O)O)CC(=O)O)nc(CN(CCc2ccc(N=C=S)cc2)Cc2cc(-c3ccc(OCC(=O)[O-])cc3OC)cc(CN(CC(=O)O)CC(=O)O)n2)c1.[Tb+3]. The second kappa shape index (κ2) is 28.8. The van der Waals surface area contributed by atoms with E-state index in [1.165, 1.54) is 48.3 Å². The quantitative estimate of drug-likeness (QED) is 0.0377. The van der Waals surface area contributed by atoms with Crippen molar-refractivity contribution in [3.8, 4) is 45.3 Å². The maximum absolute atomic E-state index is 11.9. The summed E-state index contributed by atoms with van der Waals surface area (Å²) in [5.74, 6) is -7.09. The zero-order chi connectivity index (χ0) is 52.3. The van der Waals surface area contributed by atoms with E-state index in [-0.39, 0.29) is 99.2 Å². The third kappa shape index (κ3) is 19.5. The summed E-state index contributed by atoms with van der Waals surface area (Å²) in [6, 6.07) is 23.3. The topological polar surface area (TPSA) is 314 Å². The number of rotatable bonds is 30. The molecule has 0 amide bonds. The van der Waals surface area contributed by atoms with E-state index in [9.17, 15) is 59.4 Å². The molecule has 0 spiro atoms. The minimum absolute atomic E-state index is 0. The maximum Gasteiger partial charge on any atom is 3.00 e. The van der Waals surface area contributed by atoms with Gasteiger partial charge in [0.05, 0.1) is 86.0 Å². The Hall–Kier alpha value is -7.05. The number of thiocarbonyl (C=S) groups is 1. The first-order chi connectivity index (χ1) is 34.4. The van der Waals surface area contributed by atoms with E-state index in [1.54, 1.807) is 48.5 Å². The molecule has 24 heteroatoms. The predicted octanol–water partition coefficient (Wildman–Crippen LogP) is 2.01. The number of ether oxygens (including phenoxy) is 4. The van der Waals surface area contributed by atoms with E-state index in [2.05, 4.69) is 10.2 Å². The summed E-state index contributed by atoms with van der Waals surface area (Å²) in [6.07, 6.45) is 0.457. The van der Waals surface area contributed by atoms with Gasteiger partial charge in [0.1, 0.15) is 36.2 Å². The number of pyridine rings is 2. The molecule has 0 radical (unpaired) electrons. The van der Waals surface area contributed by atoms with Crippen LogP contribution in [0.4, 0.5) is 5.69 Å². The number of isothiocyanates is 1. The van der Waals surface area contributed by atoms with E-state index in [4.69, 9.17) is 41.1 Å². The van der Waals surface area contributed by atoms with Gasteiger partial charge in [0.25, 0.3) is 0 Å². The van der Waals surface area contributed by atoms with Crippen molar-refractivity contribution in [1.82, 2.24) is 24.7 Å². The Morgan fingerprint density at radius 2 is 0.945 bits per heavy atom. The van der Waals surface area contributed by atoms with Crippen molar-refractivity contribution < 1.29 is 117 Å². The number of aliphatic imine (C=N–C) groups is 1. The number of hydrogen-bond donors (Lipinski definition) is 4. The minimum atomic E-state index is -1.44. The largest absolute Gasteiger partial charge is 3.00 e. The van der Waals surface area contributed by atoms with E-state index in [1.807, 2.05) is 17.0 Å². The number of benzene rings is 3. The van der Waals surface area contributed by atoms with Crippen molar-refractivity contribution in [3.63, 3.8) is 0 Å². The standard InChI is InChI=1S/C49H50N6O16S.Tb/c1-68-42-17-38(70-27-48(64)65)7-9-40(42)31-13-34(51-36(15-31)21-54(23-44(56)57)24-45(58)59)19-53(12-11-30-3-5-33(6-4-30)50-29-72)20-35-14-32(16-37(52-35)22-55(25-46(60)61)26-47(62)63)41-10-8-39(18-43(41)69-2)71-28-49(66)67;/h3-10,13-18H,11-12,19-28H2,1-2H3,(H,56,57)(H,58,59)(H,60,61)(H,62,63)(H,64,65)(H,66,67);/q;+3/p-2. The smallest absolute Gasteiger partial charge is 0.546 e. The number of carboxylic acid groups (broad SMARTS) is 6. The average Bonchev–Trinajstić information content (AvgIpc) is 3.31. The molecule has 0 aliphatic carbocycles. The molecule has 73 heavy (non-hydrogen) atoms. The monoisotopic (exact) mass is 1170 g/mol. The van der Waals surface area contributed by atoms with Crippen LogP contribution in [0.25, 0.3) is 22.3 Å². The summed E-state index contributed by atoms with van der Waals surface area (Å²) in [5, 5.41) is 63.3. The van der Waals surface area contributed by atoms with Crippen molar-refractivity contribution in [2.45, 2.75) is 32.6 Å². The molecule has 3 aromatic carbocycles. The van der Waals surface area contributed by atoms with E-state index in [0.717, 1.165) is 5.56 Å². The van der Waals surface area contributed by atoms with Gasteiger partial charge >= 0.3 is 62.5 Å². The van der Waals surface area contributed by atoms with Crippen LogP contribution in [0.5, 0.6) is 23.0 Å². The molecule has 22 nitrogen and oxygen atoms in total. The predicted molar refractivity (Wildman–Crippen MR) is 253 cm³/mol. The second-order valence-corrected chi connectivity index (χ2v) is 16.1. The fraction of sp³-hybridized carbons (Fsp3) is 0.286. The molecule has 0 aliphatic rings. The second-order valence-electron chi connectivity index (χ2n) is 15.9. The van der Waals surface area contributed by atoms with Crippen LogP contribution in [0.2, 0.25) is 0 Å². The van der Waals surface area contributed by atoms with Crippen molar-refractivity contribution in [2.24, 2.45) is 4.99 Å². The van der Waals surface area contributed by atoms with Gasteiger partial charge in [-0.2, -0.15) is 4.99 Å². The first-order valence-corrected chi connectivity index (χ1v) is 22.0. The number of carboxylic acids is 6. The van der Waals surface area contributed by atoms with Gasteiger partial charge in [-0.1, -0.05) is 12.1 Å². The van der Waals surface area contributed by atoms with E-state index in [0.29, 0.717) is 52.3 Å². The molecule has 2 heterocycles. The van der Waals surface area contributed by atoms with Crippen LogP contribution < -0.4 is 29.2 Å². The van der Waals surface area contributed by atoms with Crippen LogP contribution >= 0.6 is 12.2 Å². The van der Waals surface area contributed by atoms with Gasteiger partial charge in [-0.05, 0) is 96.0 Å². The molecule has 0 bridgehead atoms. The Labute approximate surface area is 453 Å². The van der Waals surface area contributed by atoms with Gasteiger partial charge in [0.2, 0.25) is 0 Å². The van der Waals surface area contributed by atoms with Gasteiger partial charge in [0, 0.05) is 56.0 Å². The maximum atomic E-state index is 11.9. The number of aliphatic carboxylic acids is 6. The van der Waals surface area contributed by atoms with Crippen molar-refractivity contribution in [1.29, 1.82) is 0 Å². The Balaban J connectivity index is 0.0000116. The summed E-state index contributed by atoms with van der Waals surface area (Å²) < 4.78 is 22.0. The molecule has 0 atom stereocenters. The van der Waals surface area contributed by atoms with Crippen LogP contribution in [0.1, 0.15) is 28.3 Å². The van der Waals surface area contributed by atoms with Gasteiger partial charge in [-0.15, -0.1) is 0 Å². The van der Waals surface area contributed by atoms with Gasteiger partial charge in [0.15, 0.2) is 0 Å². The first-order valence-electron chi connectivity index (χ1n) is 21.6. The summed E-state index contributed by atoms with van der Waals surface area (Å²) >= 11 is 4.76. The average molecular weight is 1170 g/mol. The summed E-state index contributed by atoms with van der Waals surface area (Å²) in [6.45, 7) is -3.84. The zero-order valence-electron chi connectivity index (χ0n) is 39.2. The Kier molecular flexibility index (Phi) is 23.1. The summed E-state index contributed by atoms with van der Waals surface area (Å²) in [7, 11) is 2.79.